The molecule has 2 nitrogen and oxygen atoms in total. The van der Waals surface area contributed by atoms with Crippen molar-refractivity contribution in [3.63, 3.8) is 0 Å². The number of hydrogen-bond acceptors (Lipinski definition) is 2. The minimum absolute atomic E-state index is 0. The van der Waals surface area contributed by atoms with Crippen molar-refractivity contribution in [2.45, 2.75) is 37.3 Å². The first kappa shape index (κ1) is 13.7. The number of halogens is 1. The third-order valence-electron chi connectivity index (χ3n) is 2.64. The Morgan fingerprint density at radius 3 is 2.93 bits per heavy atom. The summed E-state index contributed by atoms with van der Waals surface area (Å²) >= 11 is 0. The first-order valence-corrected chi connectivity index (χ1v) is 4.77. The van der Waals surface area contributed by atoms with Gasteiger partial charge < -0.3 is 10.4 Å². The van der Waals surface area contributed by atoms with Gasteiger partial charge in [-0.2, -0.15) is 0 Å². The second kappa shape index (κ2) is 6.23. The van der Waals surface area contributed by atoms with E-state index in [2.05, 4.69) is 17.8 Å². The maximum Gasteiger partial charge on any atom is 0.140 e. The van der Waals surface area contributed by atoms with Gasteiger partial charge >= 0.3 is 0 Å². The molecule has 2 atom stereocenters. The Labute approximate surface area is 96.5 Å². The normalized spacial score (nSPS) is 31.3. The molecule has 0 aromatic heterocycles. The molecule has 0 amide bonds. The van der Waals surface area contributed by atoms with Crippen molar-refractivity contribution in [2.24, 2.45) is 0 Å². The van der Waals surface area contributed by atoms with Gasteiger partial charge in [0, 0.05) is 12.6 Å². The molecule has 1 saturated carbocycles. The second-order valence-corrected chi connectivity index (χ2v) is 3.56. The van der Waals surface area contributed by atoms with Crippen molar-refractivity contribution in [3.8, 4) is 12.3 Å². The van der Waals surface area contributed by atoms with Crippen LogP contribution < -0.4 is 5.32 Å². The van der Waals surface area contributed by atoms with Crippen LogP contribution in [-0.2, 0) is 0 Å². The number of hydrogen-bond donors (Lipinski definition) is 2. The average molecular weight is 260 g/mol. The monoisotopic (exact) mass is 259 g/mol. The summed E-state index contributed by atoms with van der Waals surface area (Å²) in [6, 6.07) is 0.0317. The van der Waals surface area contributed by atoms with Gasteiger partial charge in [0.05, 0.1) is 0 Å². The highest BCUT2D eigenvalue weighted by Crippen LogP contribution is 2.27. The summed E-state index contributed by atoms with van der Waals surface area (Å²) in [5, 5.41) is 13.2. The minimum Gasteiger partial charge on any atom is -0.376 e. The molecule has 1 rings (SSSR count). The van der Waals surface area contributed by atoms with Gasteiger partial charge in [0.25, 0.3) is 0 Å². The maximum absolute atomic E-state index is 10.0. The van der Waals surface area contributed by atoms with Crippen LogP contribution in [0.4, 0.5) is 0 Å². The molecule has 0 aliphatic heterocycles. The quantitative estimate of drug-likeness (QED) is 0.597. The molecule has 2 N–H and O–H groups in total. The zero-order valence-corrected chi connectivity index (χ0v) is 10.0. The van der Waals surface area contributed by atoms with Crippen molar-refractivity contribution in [1.29, 1.82) is 0 Å². The molecule has 0 bridgehead atoms. The molecule has 0 aromatic carbocycles. The van der Waals surface area contributed by atoms with Crippen LogP contribution in [0.25, 0.3) is 0 Å². The van der Waals surface area contributed by atoms with E-state index in [1.165, 1.54) is 0 Å². The summed E-state index contributed by atoms with van der Waals surface area (Å²) in [4.78, 5) is 0. The Morgan fingerprint density at radius 1 is 1.64 bits per heavy atom. The summed E-state index contributed by atoms with van der Waals surface area (Å²) in [6.07, 6.45) is 10.9. The SMILES string of the molecule is Br.C#C[C@@]1(O)CCCC[C@H]1NCC=C. The predicted molar refractivity (Wildman–Crippen MR) is 64.6 cm³/mol. The lowest BCUT2D eigenvalue weighted by atomic mass is 9.81. The third kappa shape index (κ3) is 3.13. The van der Waals surface area contributed by atoms with Gasteiger partial charge in [-0.15, -0.1) is 30.0 Å². The standard InChI is InChI=1S/C11H17NO.BrH/c1-3-9-12-10-7-5-6-8-11(10,13)4-2;/h2-3,10,12-13H,1,5-9H2;1H/t10-,11-;/m1./s1. The van der Waals surface area contributed by atoms with E-state index in [1.54, 1.807) is 6.08 Å². The molecule has 1 fully saturated rings. The summed E-state index contributed by atoms with van der Waals surface area (Å²) in [5.74, 6) is 2.50. The van der Waals surface area contributed by atoms with Crippen LogP contribution in [0.5, 0.6) is 0 Å². The van der Waals surface area contributed by atoms with E-state index in [4.69, 9.17) is 6.42 Å². The number of terminal acetylenes is 1. The van der Waals surface area contributed by atoms with Gasteiger partial charge in [-0.05, 0) is 19.3 Å². The lowest BCUT2D eigenvalue weighted by molar-refractivity contribution is 0.0276. The smallest absolute Gasteiger partial charge is 0.140 e. The molecule has 0 saturated heterocycles. The Morgan fingerprint density at radius 2 is 2.36 bits per heavy atom. The zero-order valence-electron chi connectivity index (χ0n) is 8.33. The Bertz CT molecular complexity index is 224. The first-order valence-electron chi connectivity index (χ1n) is 4.77. The summed E-state index contributed by atoms with van der Waals surface area (Å²) in [7, 11) is 0. The van der Waals surface area contributed by atoms with Crippen molar-refractivity contribution in [1.82, 2.24) is 5.32 Å². The lowest BCUT2D eigenvalue weighted by Crippen LogP contribution is -2.51. The predicted octanol–water partition coefficient (Wildman–Crippen LogP) is 1.65. The molecule has 1 aliphatic rings. The van der Waals surface area contributed by atoms with Gasteiger partial charge in [-0.25, -0.2) is 0 Å². The second-order valence-electron chi connectivity index (χ2n) is 3.56. The molecule has 0 unspecified atom stereocenters. The van der Waals surface area contributed by atoms with Crippen LogP contribution in [0.3, 0.4) is 0 Å². The van der Waals surface area contributed by atoms with Crippen LogP contribution in [0.15, 0.2) is 12.7 Å². The van der Waals surface area contributed by atoms with E-state index in [9.17, 15) is 5.11 Å². The van der Waals surface area contributed by atoms with E-state index < -0.39 is 5.60 Å². The molecule has 80 valence electrons. The van der Waals surface area contributed by atoms with Crippen LogP contribution in [0, 0.1) is 12.3 Å². The van der Waals surface area contributed by atoms with E-state index in [0.717, 1.165) is 19.3 Å². The number of nitrogens with one attached hydrogen (secondary N) is 1. The largest absolute Gasteiger partial charge is 0.376 e. The third-order valence-corrected chi connectivity index (χ3v) is 2.64. The highest BCUT2D eigenvalue weighted by molar-refractivity contribution is 8.93. The molecule has 0 spiro atoms. The molecule has 1 aliphatic carbocycles. The summed E-state index contributed by atoms with van der Waals surface area (Å²) in [5.41, 5.74) is -0.943. The van der Waals surface area contributed by atoms with Crippen LogP contribution in [-0.4, -0.2) is 23.3 Å². The van der Waals surface area contributed by atoms with Gasteiger partial charge in [0.2, 0.25) is 0 Å². The van der Waals surface area contributed by atoms with Crippen LogP contribution >= 0.6 is 17.0 Å². The van der Waals surface area contributed by atoms with Gasteiger partial charge in [-0.3, -0.25) is 0 Å². The summed E-state index contributed by atoms with van der Waals surface area (Å²) < 4.78 is 0. The Kier molecular flexibility index (Phi) is 6.10. The molecule has 0 radical (unpaired) electrons. The van der Waals surface area contributed by atoms with Crippen molar-refractivity contribution in [3.05, 3.63) is 12.7 Å². The minimum atomic E-state index is -0.943. The molecule has 0 aromatic rings. The van der Waals surface area contributed by atoms with E-state index >= 15 is 0 Å². The number of rotatable bonds is 3. The lowest BCUT2D eigenvalue weighted by Gasteiger charge is -2.36. The molecule has 3 heteroatoms. The maximum atomic E-state index is 10.0. The highest BCUT2D eigenvalue weighted by Gasteiger charge is 2.36. The Balaban J connectivity index is 0.00000169. The van der Waals surface area contributed by atoms with Gasteiger partial charge in [-0.1, -0.05) is 18.4 Å². The van der Waals surface area contributed by atoms with Crippen LogP contribution in [0.2, 0.25) is 0 Å². The highest BCUT2D eigenvalue weighted by atomic mass is 79.9. The van der Waals surface area contributed by atoms with Crippen molar-refractivity contribution >= 4 is 17.0 Å². The molecular weight excluding hydrogens is 242 g/mol. The molecular formula is C11H18BrNO. The average Bonchev–Trinajstić information content (AvgIpc) is 2.17. The van der Waals surface area contributed by atoms with Crippen molar-refractivity contribution < 1.29 is 5.11 Å². The van der Waals surface area contributed by atoms with Crippen LogP contribution in [0.1, 0.15) is 25.7 Å². The first-order chi connectivity index (χ1) is 6.23. The topological polar surface area (TPSA) is 32.3 Å². The van der Waals surface area contributed by atoms with E-state index in [-0.39, 0.29) is 23.0 Å². The summed E-state index contributed by atoms with van der Waals surface area (Å²) in [6.45, 7) is 4.33. The Hall–Kier alpha value is -0.300. The van der Waals surface area contributed by atoms with Gasteiger partial charge in [0.1, 0.15) is 5.60 Å². The van der Waals surface area contributed by atoms with E-state index in [0.29, 0.717) is 13.0 Å². The fraction of sp³-hybridized carbons (Fsp3) is 0.636. The number of aliphatic hydroxyl groups is 1. The fourth-order valence-electron chi connectivity index (χ4n) is 1.83. The fourth-order valence-corrected chi connectivity index (χ4v) is 1.83. The zero-order chi connectivity index (χ0) is 9.73. The molecule has 0 heterocycles. The van der Waals surface area contributed by atoms with Gasteiger partial charge in [0.15, 0.2) is 0 Å². The van der Waals surface area contributed by atoms with E-state index in [1.807, 2.05) is 0 Å². The van der Waals surface area contributed by atoms with Crippen molar-refractivity contribution in [2.75, 3.05) is 6.54 Å². The molecule has 14 heavy (non-hydrogen) atoms.